The largest absolute Gasteiger partial charge is 0.357 e. The van der Waals surface area contributed by atoms with E-state index in [1.807, 2.05) is 12.1 Å². The van der Waals surface area contributed by atoms with Crippen LogP contribution in [0.4, 0.5) is 11.5 Å². The van der Waals surface area contributed by atoms with E-state index in [4.69, 9.17) is 0 Å². The second-order valence-electron chi connectivity index (χ2n) is 3.40. The minimum Gasteiger partial charge on any atom is -0.264 e. The van der Waals surface area contributed by atoms with Crippen molar-refractivity contribution in [2.45, 2.75) is 6.54 Å². The lowest BCUT2D eigenvalue weighted by molar-refractivity contribution is -0.409. The van der Waals surface area contributed by atoms with Crippen LogP contribution in [0.5, 0.6) is 0 Å². The van der Waals surface area contributed by atoms with Gasteiger partial charge in [0.1, 0.15) is 6.54 Å². The zero-order chi connectivity index (χ0) is 12.1. The topological polar surface area (TPSA) is 82.2 Å². The number of hydrogen-bond acceptors (Lipinski definition) is 4. The maximum absolute atomic E-state index is 10.8. The summed E-state index contributed by atoms with van der Waals surface area (Å²) >= 11 is 0. The van der Waals surface area contributed by atoms with E-state index in [-0.39, 0.29) is 5.69 Å². The van der Waals surface area contributed by atoms with E-state index in [2.05, 4.69) is 15.3 Å². The number of nitrogens with zero attached hydrogens (tertiary/aromatic N) is 2. The maximum atomic E-state index is 10.8. The molecule has 2 N–H and O–H groups in total. The third-order valence-corrected chi connectivity index (χ3v) is 2.22. The number of nitrogens with one attached hydrogen (secondary N) is 2. The van der Waals surface area contributed by atoms with Crippen LogP contribution in [-0.4, -0.2) is 9.91 Å². The summed E-state index contributed by atoms with van der Waals surface area (Å²) < 4.78 is 0. The summed E-state index contributed by atoms with van der Waals surface area (Å²) in [5.41, 5.74) is 0.982. The van der Waals surface area contributed by atoms with Crippen LogP contribution in [0.3, 0.4) is 0 Å². The van der Waals surface area contributed by atoms with Gasteiger partial charge >= 0.3 is 11.5 Å². The summed E-state index contributed by atoms with van der Waals surface area (Å²) in [6, 6.07) is 6.75. The second kappa shape index (κ2) is 5.02. The SMILES string of the molecule is O=[N+]([O-])c1ccc[nH+]c1NCc1cccnc1. The van der Waals surface area contributed by atoms with Crippen molar-refractivity contribution in [3.05, 3.63) is 58.5 Å². The number of pyridine rings is 2. The van der Waals surface area contributed by atoms with Crippen molar-refractivity contribution in [2.75, 3.05) is 5.32 Å². The molecule has 0 bridgehead atoms. The van der Waals surface area contributed by atoms with Crippen molar-refractivity contribution >= 4 is 11.5 Å². The monoisotopic (exact) mass is 231 g/mol. The van der Waals surface area contributed by atoms with Gasteiger partial charge in [0.25, 0.3) is 0 Å². The average molecular weight is 231 g/mol. The minimum atomic E-state index is -0.428. The summed E-state index contributed by atoms with van der Waals surface area (Å²) in [6.07, 6.45) is 5.03. The Labute approximate surface area is 97.5 Å². The molecule has 2 aromatic rings. The molecule has 0 amide bonds. The van der Waals surface area contributed by atoms with E-state index >= 15 is 0 Å². The van der Waals surface area contributed by atoms with Gasteiger partial charge in [-0.3, -0.25) is 20.4 Å². The fourth-order valence-corrected chi connectivity index (χ4v) is 1.41. The Bertz CT molecular complexity index is 516. The highest BCUT2D eigenvalue weighted by atomic mass is 16.6. The number of nitro groups is 1. The minimum absolute atomic E-state index is 0.0244. The Hall–Kier alpha value is -2.50. The van der Waals surface area contributed by atoms with Crippen LogP contribution in [0, 0.1) is 10.1 Å². The Balaban J connectivity index is 2.12. The normalized spacial score (nSPS) is 9.88. The number of aromatic amines is 1. The molecule has 86 valence electrons. The number of H-pyrrole nitrogens is 1. The highest BCUT2D eigenvalue weighted by molar-refractivity contribution is 5.50. The summed E-state index contributed by atoms with van der Waals surface area (Å²) in [5.74, 6) is 0.390. The highest BCUT2D eigenvalue weighted by Crippen LogP contribution is 2.17. The average Bonchev–Trinajstić information content (AvgIpc) is 2.38. The summed E-state index contributed by atoms with van der Waals surface area (Å²) in [5, 5.41) is 13.7. The molecule has 2 aromatic heterocycles. The van der Waals surface area contributed by atoms with Crippen LogP contribution < -0.4 is 10.3 Å². The maximum Gasteiger partial charge on any atom is 0.357 e. The molecule has 0 aliphatic carbocycles. The third kappa shape index (κ3) is 2.75. The standard InChI is InChI=1S/C11H10N4O2/c16-15(17)10-4-2-6-13-11(10)14-8-9-3-1-5-12-7-9/h1-7H,8H2,(H,13,14)/p+1. The van der Waals surface area contributed by atoms with Crippen LogP contribution in [-0.2, 0) is 6.54 Å². The lowest BCUT2D eigenvalue weighted by Gasteiger charge is -1.99. The molecule has 0 aromatic carbocycles. The van der Waals surface area contributed by atoms with Gasteiger partial charge in [-0.15, -0.1) is 0 Å². The Morgan fingerprint density at radius 1 is 1.41 bits per heavy atom. The highest BCUT2D eigenvalue weighted by Gasteiger charge is 2.18. The number of aromatic nitrogens is 2. The number of rotatable bonds is 4. The van der Waals surface area contributed by atoms with Crippen LogP contribution in [0.1, 0.15) is 5.56 Å². The van der Waals surface area contributed by atoms with Gasteiger partial charge in [0, 0.05) is 24.0 Å². The molecule has 0 unspecified atom stereocenters. The van der Waals surface area contributed by atoms with Gasteiger partial charge in [-0.05, 0) is 12.1 Å². The van der Waals surface area contributed by atoms with Crippen molar-refractivity contribution in [3.8, 4) is 0 Å². The molecule has 0 spiro atoms. The Kier molecular flexibility index (Phi) is 3.25. The van der Waals surface area contributed by atoms with Crippen molar-refractivity contribution in [2.24, 2.45) is 0 Å². The molecule has 0 saturated heterocycles. The van der Waals surface area contributed by atoms with Crippen molar-refractivity contribution in [1.29, 1.82) is 0 Å². The van der Waals surface area contributed by atoms with Gasteiger partial charge in [0.05, 0.1) is 11.1 Å². The van der Waals surface area contributed by atoms with Gasteiger partial charge in [-0.1, -0.05) is 6.07 Å². The van der Waals surface area contributed by atoms with E-state index in [1.165, 1.54) is 6.07 Å². The predicted octanol–water partition coefficient (Wildman–Crippen LogP) is 1.42. The fraction of sp³-hybridized carbons (Fsp3) is 0.0909. The lowest BCUT2D eigenvalue weighted by Crippen LogP contribution is -2.14. The molecule has 6 heteroatoms. The molecule has 0 atom stereocenters. The van der Waals surface area contributed by atoms with E-state index < -0.39 is 4.92 Å². The number of hydrogen-bond donors (Lipinski definition) is 1. The second-order valence-corrected chi connectivity index (χ2v) is 3.40. The van der Waals surface area contributed by atoms with E-state index in [1.54, 1.807) is 24.7 Å². The zero-order valence-electron chi connectivity index (χ0n) is 8.96. The first kappa shape index (κ1) is 11.0. The van der Waals surface area contributed by atoms with Gasteiger partial charge in [0.2, 0.25) is 0 Å². The molecule has 2 rings (SSSR count). The van der Waals surface area contributed by atoms with E-state index in [0.717, 1.165) is 5.56 Å². The van der Waals surface area contributed by atoms with Gasteiger partial charge < -0.3 is 0 Å². The summed E-state index contributed by atoms with van der Waals surface area (Å²) in [4.78, 5) is 17.1. The van der Waals surface area contributed by atoms with Crippen LogP contribution in [0.15, 0.2) is 42.9 Å². The zero-order valence-corrected chi connectivity index (χ0v) is 8.96. The molecule has 2 heterocycles. The first-order valence-electron chi connectivity index (χ1n) is 5.05. The van der Waals surface area contributed by atoms with Gasteiger partial charge in [-0.25, -0.2) is 4.98 Å². The molecular formula is C11H11N4O2+. The Morgan fingerprint density at radius 3 is 3.00 bits per heavy atom. The molecule has 0 fully saturated rings. The van der Waals surface area contributed by atoms with Crippen LogP contribution in [0.25, 0.3) is 0 Å². The molecule has 0 aliphatic heterocycles. The van der Waals surface area contributed by atoms with Crippen LogP contribution in [0.2, 0.25) is 0 Å². The quantitative estimate of drug-likeness (QED) is 0.637. The first-order valence-corrected chi connectivity index (χ1v) is 5.05. The number of anilines is 1. The van der Waals surface area contributed by atoms with Crippen LogP contribution >= 0.6 is 0 Å². The van der Waals surface area contributed by atoms with E-state index in [0.29, 0.717) is 12.4 Å². The molecule has 0 aliphatic rings. The molecule has 0 saturated carbocycles. The fourth-order valence-electron chi connectivity index (χ4n) is 1.41. The predicted molar refractivity (Wildman–Crippen MR) is 61.2 cm³/mol. The van der Waals surface area contributed by atoms with Crippen molar-refractivity contribution in [1.82, 2.24) is 4.98 Å². The summed E-state index contributed by atoms with van der Waals surface area (Å²) in [7, 11) is 0. The van der Waals surface area contributed by atoms with Gasteiger partial charge in [-0.2, -0.15) is 0 Å². The summed E-state index contributed by atoms with van der Waals surface area (Å²) in [6.45, 7) is 0.481. The van der Waals surface area contributed by atoms with Crippen molar-refractivity contribution < 1.29 is 9.91 Å². The molecule has 0 radical (unpaired) electrons. The molecule has 6 nitrogen and oxygen atoms in total. The Morgan fingerprint density at radius 2 is 2.29 bits per heavy atom. The third-order valence-electron chi connectivity index (χ3n) is 2.22. The first-order chi connectivity index (χ1) is 8.27. The van der Waals surface area contributed by atoms with Crippen molar-refractivity contribution in [3.63, 3.8) is 0 Å². The molecular weight excluding hydrogens is 220 g/mol. The van der Waals surface area contributed by atoms with E-state index in [9.17, 15) is 10.1 Å². The van der Waals surface area contributed by atoms with Gasteiger partial charge in [0.15, 0.2) is 0 Å². The molecule has 17 heavy (non-hydrogen) atoms. The smallest absolute Gasteiger partial charge is 0.264 e. The lowest BCUT2D eigenvalue weighted by atomic mass is 10.3.